The van der Waals surface area contributed by atoms with Crippen LogP contribution < -0.4 is 5.56 Å². The average Bonchev–Trinajstić information content (AvgIpc) is 2.72. The van der Waals surface area contributed by atoms with Crippen LogP contribution in [0.5, 0.6) is 0 Å². The van der Waals surface area contributed by atoms with Crippen LogP contribution in [0.3, 0.4) is 0 Å². The van der Waals surface area contributed by atoms with Crippen molar-refractivity contribution in [3.8, 4) is 11.1 Å². The number of aryl methyl sites for hydroxylation is 1. The SMILES string of the molecule is CC(CCn1cnc2cc(-c3ccc(CCO)cc3F)ccc2c1=O)(C(=O)O)S(C)(=O)=O. The fraction of sp³-hybridized carbons (Fsp3) is 0.318. The smallest absolute Gasteiger partial charge is 0.324 e. The summed E-state index contributed by atoms with van der Waals surface area (Å²) in [4.78, 5) is 28.6. The highest BCUT2D eigenvalue weighted by Crippen LogP contribution is 2.26. The Kier molecular flexibility index (Phi) is 6.47. The third-order valence-electron chi connectivity index (χ3n) is 5.67. The van der Waals surface area contributed by atoms with Crippen molar-refractivity contribution < 1.29 is 27.8 Å². The second kappa shape index (κ2) is 8.79. The van der Waals surface area contributed by atoms with Gasteiger partial charge in [-0.1, -0.05) is 18.2 Å². The third-order valence-corrected chi connectivity index (χ3v) is 7.69. The quantitative estimate of drug-likeness (QED) is 0.524. The Bertz CT molecular complexity index is 1350. The predicted octanol–water partition coefficient (Wildman–Crippen LogP) is 2.02. The van der Waals surface area contributed by atoms with Gasteiger partial charge in [-0.05, 0) is 49.1 Å². The highest BCUT2D eigenvalue weighted by Gasteiger charge is 2.43. The molecule has 1 atom stereocenters. The van der Waals surface area contributed by atoms with Crippen LogP contribution in [0.2, 0.25) is 0 Å². The van der Waals surface area contributed by atoms with E-state index < -0.39 is 31.9 Å². The molecule has 2 aromatic carbocycles. The Labute approximate surface area is 183 Å². The lowest BCUT2D eigenvalue weighted by atomic mass is 10.0. The van der Waals surface area contributed by atoms with E-state index in [0.717, 1.165) is 13.2 Å². The van der Waals surface area contributed by atoms with E-state index in [1.165, 1.54) is 23.0 Å². The van der Waals surface area contributed by atoms with Crippen LogP contribution >= 0.6 is 0 Å². The second-order valence-electron chi connectivity index (χ2n) is 7.82. The van der Waals surface area contributed by atoms with Crippen molar-refractivity contribution in [2.24, 2.45) is 0 Å². The highest BCUT2D eigenvalue weighted by molar-refractivity contribution is 7.92. The molecule has 0 fully saturated rings. The van der Waals surface area contributed by atoms with Gasteiger partial charge in [-0.15, -0.1) is 0 Å². The maximum atomic E-state index is 14.5. The van der Waals surface area contributed by atoms with Crippen molar-refractivity contribution in [3.05, 3.63) is 64.5 Å². The predicted molar refractivity (Wildman–Crippen MR) is 118 cm³/mol. The summed E-state index contributed by atoms with van der Waals surface area (Å²) in [5.41, 5.74) is 1.38. The summed E-state index contributed by atoms with van der Waals surface area (Å²) in [6, 6.07) is 9.32. The number of carbonyl (C=O) groups is 1. The first-order valence-electron chi connectivity index (χ1n) is 9.80. The lowest BCUT2D eigenvalue weighted by Gasteiger charge is -2.22. The molecule has 2 N–H and O–H groups in total. The van der Waals surface area contributed by atoms with E-state index in [2.05, 4.69) is 4.98 Å². The number of aliphatic carboxylic acids is 1. The number of halogens is 1. The molecule has 1 unspecified atom stereocenters. The van der Waals surface area contributed by atoms with Crippen LogP contribution in [0.15, 0.2) is 47.5 Å². The lowest BCUT2D eigenvalue weighted by molar-refractivity contribution is -0.139. The number of aliphatic hydroxyl groups is 1. The minimum atomic E-state index is -3.92. The number of carboxylic acid groups (broad SMARTS) is 1. The first kappa shape index (κ1) is 23.6. The van der Waals surface area contributed by atoms with Gasteiger partial charge in [0.1, 0.15) is 5.82 Å². The molecule has 0 aliphatic heterocycles. The second-order valence-corrected chi connectivity index (χ2v) is 10.3. The Morgan fingerprint density at radius 2 is 1.94 bits per heavy atom. The molecule has 0 bridgehead atoms. The minimum absolute atomic E-state index is 0.0826. The maximum absolute atomic E-state index is 14.5. The van der Waals surface area contributed by atoms with E-state index in [1.807, 2.05) is 0 Å². The average molecular weight is 462 g/mol. The summed E-state index contributed by atoms with van der Waals surface area (Å²) in [6.07, 6.45) is 2.10. The van der Waals surface area contributed by atoms with Crippen LogP contribution in [-0.4, -0.2) is 51.8 Å². The summed E-state index contributed by atoms with van der Waals surface area (Å²) < 4.78 is 37.5. The number of hydrogen-bond acceptors (Lipinski definition) is 6. The van der Waals surface area contributed by atoms with E-state index in [-0.39, 0.29) is 25.0 Å². The van der Waals surface area contributed by atoms with Gasteiger partial charge in [-0.25, -0.2) is 17.8 Å². The largest absolute Gasteiger partial charge is 0.480 e. The summed E-state index contributed by atoms with van der Waals surface area (Å²) in [7, 11) is -3.92. The van der Waals surface area contributed by atoms with Gasteiger partial charge in [0.15, 0.2) is 14.6 Å². The number of nitrogens with zero attached hydrogens (tertiary/aromatic N) is 2. The van der Waals surface area contributed by atoms with Crippen LogP contribution in [0.1, 0.15) is 18.9 Å². The monoisotopic (exact) mass is 462 g/mol. The summed E-state index contributed by atoms with van der Waals surface area (Å²) in [6.45, 7) is 0.873. The van der Waals surface area contributed by atoms with E-state index in [0.29, 0.717) is 28.6 Å². The summed E-state index contributed by atoms with van der Waals surface area (Å²) >= 11 is 0. The molecule has 1 heterocycles. The number of aliphatic hydroxyl groups excluding tert-OH is 1. The van der Waals surface area contributed by atoms with E-state index in [1.54, 1.807) is 24.3 Å². The topological polar surface area (TPSA) is 127 Å². The van der Waals surface area contributed by atoms with Crippen molar-refractivity contribution in [3.63, 3.8) is 0 Å². The maximum Gasteiger partial charge on any atom is 0.324 e. The standard InChI is InChI=1S/C22H23FN2O6S/c1-22(21(28)29,32(2,30)31)8-9-25-13-24-19-12-15(4-6-17(19)20(25)27)16-5-3-14(7-10-26)11-18(16)23/h3-6,11-13,26H,7-10H2,1-2H3,(H,28,29). The summed E-state index contributed by atoms with van der Waals surface area (Å²) in [5.74, 6) is -1.95. The number of fused-ring (bicyclic) bond motifs is 1. The molecular formula is C22H23FN2O6S. The zero-order valence-electron chi connectivity index (χ0n) is 17.6. The zero-order valence-corrected chi connectivity index (χ0v) is 18.4. The number of carboxylic acids is 1. The molecule has 0 saturated heterocycles. The lowest BCUT2D eigenvalue weighted by Crippen LogP contribution is -2.44. The molecule has 3 rings (SSSR count). The van der Waals surface area contributed by atoms with Crippen molar-refractivity contribution in [2.75, 3.05) is 12.9 Å². The molecule has 0 spiro atoms. The van der Waals surface area contributed by atoms with Crippen molar-refractivity contribution in [2.45, 2.75) is 31.1 Å². The van der Waals surface area contributed by atoms with Gasteiger partial charge in [0, 0.05) is 25.0 Å². The molecule has 10 heteroatoms. The van der Waals surface area contributed by atoms with Gasteiger partial charge in [-0.2, -0.15) is 0 Å². The zero-order chi connectivity index (χ0) is 23.7. The van der Waals surface area contributed by atoms with Crippen molar-refractivity contribution in [1.82, 2.24) is 9.55 Å². The molecule has 0 amide bonds. The molecule has 32 heavy (non-hydrogen) atoms. The van der Waals surface area contributed by atoms with Crippen molar-refractivity contribution >= 4 is 26.7 Å². The van der Waals surface area contributed by atoms with Gasteiger partial charge >= 0.3 is 5.97 Å². The third kappa shape index (κ3) is 4.42. The van der Waals surface area contributed by atoms with Crippen LogP contribution in [-0.2, 0) is 27.6 Å². The Balaban J connectivity index is 1.94. The van der Waals surface area contributed by atoms with Gasteiger partial charge in [0.05, 0.1) is 17.2 Å². The number of benzene rings is 2. The molecular weight excluding hydrogens is 439 g/mol. The van der Waals surface area contributed by atoms with E-state index >= 15 is 0 Å². The molecule has 170 valence electrons. The van der Waals surface area contributed by atoms with Gasteiger partial charge in [-0.3, -0.25) is 14.2 Å². The fourth-order valence-corrected chi connectivity index (χ4v) is 4.13. The molecule has 1 aromatic heterocycles. The first-order valence-corrected chi connectivity index (χ1v) is 11.7. The number of hydrogen-bond donors (Lipinski definition) is 2. The van der Waals surface area contributed by atoms with Gasteiger partial charge in [0.2, 0.25) is 0 Å². The number of rotatable bonds is 8. The summed E-state index contributed by atoms with van der Waals surface area (Å²) in [5, 5.41) is 18.6. The first-order chi connectivity index (χ1) is 15.0. The van der Waals surface area contributed by atoms with Gasteiger partial charge < -0.3 is 10.2 Å². The Hall–Kier alpha value is -3.11. The van der Waals surface area contributed by atoms with Crippen molar-refractivity contribution in [1.29, 1.82) is 0 Å². The Morgan fingerprint density at radius 1 is 1.22 bits per heavy atom. The van der Waals surface area contributed by atoms with E-state index in [4.69, 9.17) is 5.11 Å². The molecule has 0 aliphatic carbocycles. The molecule has 0 radical (unpaired) electrons. The fourth-order valence-electron chi connectivity index (χ4n) is 3.35. The number of sulfone groups is 1. The van der Waals surface area contributed by atoms with Crippen LogP contribution in [0.4, 0.5) is 4.39 Å². The minimum Gasteiger partial charge on any atom is -0.480 e. The van der Waals surface area contributed by atoms with Crippen LogP contribution in [0, 0.1) is 5.82 Å². The molecule has 0 saturated carbocycles. The Morgan fingerprint density at radius 3 is 2.53 bits per heavy atom. The molecule has 3 aromatic rings. The van der Waals surface area contributed by atoms with Crippen LogP contribution in [0.25, 0.3) is 22.0 Å². The normalized spacial score (nSPS) is 13.8. The van der Waals surface area contributed by atoms with Gasteiger partial charge in [0.25, 0.3) is 5.56 Å². The molecule has 0 aliphatic rings. The highest BCUT2D eigenvalue weighted by atomic mass is 32.2. The molecule has 8 nitrogen and oxygen atoms in total. The van der Waals surface area contributed by atoms with E-state index in [9.17, 15) is 27.5 Å². The number of aromatic nitrogens is 2.